The van der Waals surface area contributed by atoms with E-state index in [0.717, 1.165) is 49.3 Å². The number of carbonyl (C=O) groups is 1. The van der Waals surface area contributed by atoms with Gasteiger partial charge in [-0.2, -0.15) is 9.90 Å². The number of halogens is 1. The van der Waals surface area contributed by atoms with Gasteiger partial charge in [-0.1, -0.05) is 35.9 Å². The highest BCUT2D eigenvalue weighted by atomic mass is 35.5. The van der Waals surface area contributed by atoms with Crippen molar-refractivity contribution in [3.05, 3.63) is 81.9 Å². The van der Waals surface area contributed by atoms with E-state index in [1.165, 1.54) is 16.1 Å². The van der Waals surface area contributed by atoms with Crippen molar-refractivity contribution in [3.63, 3.8) is 0 Å². The summed E-state index contributed by atoms with van der Waals surface area (Å²) in [4.78, 5) is 18.7. The van der Waals surface area contributed by atoms with Crippen LogP contribution in [-0.4, -0.2) is 71.9 Å². The Bertz CT molecular complexity index is 1360. The van der Waals surface area contributed by atoms with Crippen LogP contribution in [0.4, 0.5) is 0 Å². The van der Waals surface area contributed by atoms with Crippen molar-refractivity contribution in [1.29, 1.82) is 0 Å². The fraction of sp³-hybridized carbons (Fsp3) is 0.370. The lowest BCUT2D eigenvalue weighted by atomic mass is 10.0. The second-order valence-electron chi connectivity index (χ2n) is 9.45. The van der Waals surface area contributed by atoms with Gasteiger partial charge >= 0.3 is 0 Å². The first-order valence-electron chi connectivity index (χ1n) is 12.6. The minimum absolute atomic E-state index is 0.00962. The van der Waals surface area contributed by atoms with Crippen LogP contribution in [0.1, 0.15) is 41.2 Å². The van der Waals surface area contributed by atoms with Crippen LogP contribution < -0.4 is 0 Å². The summed E-state index contributed by atoms with van der Waals surface area (Å²) in [6.45, 7) is 6.09. The van der Waals surface area contributed by atoms with Crippen molar-refractivity contribution in [2.24, 2.45) is 7.05 Å². The van der Waals surface area contributed by atoms with Crippen LogP contribution in [0.2, 0.25) is 5.02 Å². The van der Waals surface area contributed by atoms with Gasteiger partial charge in [0.05, 0.1) is 17.9 Å². The molecule has 2 aromatic heterocycles. The molecule has 10 heteroatoms. The molecule has 3 heterocycles. The number of rotatable bonds is 7. The number of nitrogens with zero attached hydrogens (tertiary/aromatic N) is 8. The Balaban J connectivity index is 1.17. The van der Waals surface area contributed by atoms with E-state index in [1.54, 1.807) is 13.0 Å². The fourth-order valence-corrected chi connectivity index (χ4v) is 4.86. The Labute approximate surface area is 221 Å². The summed E-state index contributed by atoms with van der Waals surface area (Å²) in [7, 11) is 2.01. The Hall–Kier alpha value is -3.56. The quantitative estimate of drug-likeness (QED) is 0.445. The zero-order valence-electron chi connectivity index (χ0n) is 21.2. The van der Waals surface area contributed by atoms with E-state index in [2.05, 4.69) is 44.6 Å². The Morgan fingerprint density at radius 3 is 2.68 bits per heavy atom. The predicted molar refractivity (Wildman–Crippen MR) is 144 cm³/mol. The zero-order chi connectivity index (χ0) is 25.8. The smallest absolute Gasteiger partial charge is 0.246 e. The lowest BCUT2D eigenvalue weighted by molar-refractivity contribution is -0.127. The van der Waals surface area contributed by atoms with E-state index in [9.17, 15) is 4.79 Å². The van der Waals surface area contributed by atoms with Crippen molar-refractivity contribution in [1.82, 2.24) is 39.8 Å². The van der Waals surface area contributed by atoms with Gasteiger partial charge in [0.15, 0.2) is 5.82 Å². The first kappa shape index (κ1) is 25.1. The molecule has 3 aromatic rings. The number of aromatic nitrogens is 6. The van der Waals surface area contributed by atoms with Crippen LogP contribution in [-0.2, 0) is 24.9 Å². The number of amides is 1. The molecule has 0 spiro atoms. The molecule has 0 bridgehead atoms. The fourth-order valence-electron chi connectivity index (χ4n) is 4.67. The maximum atomic E-state index is 12.9. The van der Waals surface area contributed by atoms with Gasteiger partial charge in [-0.15, -0.1) is 10.2 Å². The van der Waals surface area contributed by atoms with Crippen molar-refractivity contribution < 1.29 is 4.79 Å². The summed E-state index contributed by atoms with van der Waals surface area (Å²) in [5.41, 5.74) is 5.38. The first-order chi connectivity index (χ1) is 17.9. The molecule has 5 rings (SSSR count). The maximum absolute atomic E-state index is 12.9. The molecular formula is C27H31ClN8O. The molecule has 1 aliphatic heterocycles. The molecule has 2 aliphatic rings. The lowest BCUT2D eigenvalue weighted by Crippen LogP contribution is -2.47. The van der Waals surface area contributed by atoms with Gasteiger partial charge in [0.25, 0.3) is 0 Å². The summed E-state index contributed by atoms with van der Waals surface area (Å²) < 4.78 is 1.98. The zero-order valence-corrected chi connectivity index (χ0v) is 22.0. The average Bonchev–Trinajstić information content (AvgIpc) is 3.49. The van der Waals surface area contributed by atoms with Crippen molar-refractivity contribution in [2.75, 3.05) is 26.2 Å². The van der Waals surface area contributed by atoms with Gasteiger partial charge in [-0.3, -0.25) is 14.4 Å². The second kappa shape index (κ2) is 11.2. The number of hydrogen-bond donors (Lipinski definition) is 0. The number of piperazine rings is 1. The molecule has 1 fully saturated rings. The average molecular weight is 519 g/mol. The number of aryl methyl sites for hydroxylation is 2. The van der Waals surface area contributed by atoms with Gasteiger partial charge in [-0.25, -0.2) is 0 Å². The van der Waals surface area contributed by atoms with Crippen LogP contribution in [0.5, 0.6) is 0 Å². The van der Waals surface area contributed by atoms with Crippen LogP contribution in [0.15, 0.2) is 48.6 Å². The lowest BCUT2D eigenvalue weighted by Gasteiger charge is -2.34. The summed E-state index contributed by atoms with van der Waals surface area (Å²) in [5, 5.41) is 17.6. The van der Waals surface area contributed by atoms with Crippen molar-refractivity contribution >= 4 is 29.2 Å². The van der Waals surface area contributed by atoms with Gasteiger partial charge in [0.2, 0.25) is 5.91 Å². The van der Waals surface area contributed by atoms with Crippen LogP contribution in [0.25, 0.3) is 11.6 Å². The number of carbonyl (C=O) groups excluding carboxylic acids is 1. The number of benzene rings is 1. The molecule has 0 radical (unpaired) electrons. The minimum atomic E-state index is 0.00962. The normalized spacial score (nSPS) is 16.5. The van der Waals surface area contributed by atoms with Crippen LogP contribution in [0.3, 0.4) is 0 Å². The standard InChI is InChI=1S/C27H31ClN8O/c1-20-29-32-36(30-20)18-23-16-24(28)10-8-21(23)9-11-27(37)35-14-12-34(13-15-35)19-25-17-26(31-33(25)2)22-6-4-3-5-7-22/h3-4,6,8-11,16-17H,5,7,12-15,18-19H2,1-2H3. The third-order valence-corrected chi connectivity index (χ3v) is 7.00. The van der Waals surface area contributed by atoms with Crippen molar-refractivity contribution in [2.45, 2.75) is 32.9 Å². The van der Waals surface area contributed by atoms with E-state index in [4.69, 9.17) is 16.7 Å². The Morgan fingerprint density at radius 2 is 1.95 bits per heavy atom. The molecule has 0 unspecified atom stereocenters. The predicted octanol–water partition coefficient (Wildman–Crippen LogP) is 3.51. The molecular weight excluding hydrogens is 488 g/mol. The summed E-state index contributed by atoms with van der Waals surface area (Å²) in [6.07, 6.45) is 12.1. The Morgan fingerprint density at radius 1 is 1.11 bits per heavy atom. The molecule has 1 aromatic carbocycles. The molecule has 9 nitrogen and oxygen atoms in total. The maximum Gasteiger partial charge on any atom is 0.246 e. The second-order valence-corrected chi connectivity index (χ2v) is 9.88. The molecule has 0 atom stereocenters. The minimum Gasteiger partial charge on any atom is -0.337 e. The number of allylic oxidation sites excluding steroid dienone is 4. The molecule has 192 valence electrons. The number of tetrazole rings is 1. The van der Waals surface area contributed by atoms with E-state index >= 15 is 0 Å². The van der Waals surface area contributed by atoms with Crippen molar-refractivity contribution in [3.8, 4) is 0 Å². The van der Waals surface area contributed by atoms with Gasteiger partial charge in [-0.05, 0) is 66.0 Å². The van der Waals surface area contributed by atoms with E-state index in [0.29, 0.717) is 30.5 Å². The summed E-state index contributed by atoms with van der Waals surface area (Å²) in [5.74, 6) is 0.617. The molecule has 1 amide bonds. The van der Waals surface area contributed by atoms with E-state index in [1.807, 2.05) is 40.9 Å². The first-order valence-corrected chi connectivity index (χ1v) is 12.9. The molecule has 0 saturated carbocycles. The highest BCUT2D eigenvalue weighted by Crippen LogP contribution is 2.24. The van der Waals surface area contributed by atoms with Gasteiger partial charge in [0, 0.05) is 50.9 Å². The van der Waals surface area contributed by atoms with Crippen LogP contribution in [0, 0.1) is 6.92 Å². The number of hydrogen-bond acceptors (Lipinski definition) is 6. The Kier molecular flexibility index (Phi) is 7.62. The highest BCUT2D eigenvalue weighted by Gasteiger charge is 2.21. The SMILES string of the molecule is Cc1nnn(Cc2cc(Cl)ccc2C=CC(=O)N2CCN(Cc3cc(C4=CC=CCC4)nn3C)CC2)n1. The van der Waals surface area contributed by atoms with E-state index < -0.39 is 0 Å². The molecule has 37 heavy (non-hydrogen) atoms. The third kappa shape index (κ3) is 6.23. The largest absolute Gasteiger partial charge is 0.337 e. The third-order valence-electron chi connectivity index (χ3n) is 6.76. The molecule has 0 N–H and O–H groups in total. The molecule has 1 saturated heterocycles. The summed E-state index contributed by atoms with van der Waals surface area (Å²) in [6, 6.07) is 7.80. The molecule has 1 aliphatic carbocycles. The monoisotopic (exact) mass is 518 g/mol. The van der Waals surface area contributed by atoms with Gasteiger partial charge in [0.1, 0.15) is 0 Å². The highest BCUT2D eigenvalue weighted by molar-refractivity contribution is 6.30. The van der Waals surface area contributed by atoms with Gasteiger partial charge < -0.3 is 4.90 Å². The topological polar surface area (TPSA) is 85.0 Å². The summed E-state index contributed by atoms with van der Waals surface area (Å²) >= 11 is 6.21. The van der Waals surface area contributed by atoms with E-state index in [-0.39, 0.29) is 5.91 Å². The van der Waals surface area contributed by atoms with Crippen LogP contribution >= 0.6 is 11.6 Å².